The average Bonchev–Trinajstić information content (AvgIpc) is 2.66. The summed E-state index contributed by atoms with van der Waals surface area (Å²) in [4.78, 5) is 42.3. The van der Waals surface area contributed by atoms with E-state index in [0.29, 0.717) is 24.5 Å². The lowest BCUT2D eigenvalue weighted by Gasteiger charge is -2.25. The molecule has 0 saturated heterocycles. The van der Waals surface area contributed by atoms with Crippen molar-refractivity contribution in [2.45, 2.75) is 45.1 Å². The lowest BCUT2D eigenvalue weighted by molar-refractivity contribution is -0.116. The lowest BCUT2D eigenvalue weighted by Crippen LogP contribution is -2.42. The summed E-state index contributed by atoms with van der Waals surface area (Å²) in [5, 5.41) is 0.563. The highest BCUT2D eigenvalue weighted by molar-refractivity contribution is 8.00. The Hall–Kier alpha value is -2.19. The van der Waals surface area contributed by atoms with Crippen LogP contribution in [0.15, 0.2) is 38.8 Å². The van der Waals surface area contributed by atoms with Crippen LogP contribution in [-0.4, -0.2) is 27.8 Å². The number of hydrogen-bond acceptors (Lipinski definition) is 5. The fraction of sp³-hybridized carbons (Fsp3) is 0.450. The van der Waals surface area contributed by atoms with Crippen molar-refractivity contribution in [2.75, 3.05) is 22.9 Å². The van der Waals surface area contributed by atoms with Crippen LogP contribution in [0, 0.1) is 5.92 Å². The van der Waals surface area contributed by atoms with Gasteiger partial charge in [-0.3, -0.25) is 19.1 Å². The van der Waals surface area contributed by atoms with Gasteiger partial charge < -0.3 is 10.6 Å². The standard InChI is InChI=1S/C20H27ClN4O3S/c1-4-5-10-24(16(26)12-29-15-9-7-6-8-14(15)21)17-18(22)25(11-13(2)3)20(28)23-19(17)27/h6-9,13H,4-5,10-12,22H2,1-3H3,(H,23,27,28). The molecule has 2 aromatic rings. The zero-order valence-electron chi connectivity index (χ0n) is 16.9. The summed E-state index contributed by atoms with van der Waals surface area (Å²) < 4.78 is 1.31. The van der Waals surface area contributed by atoms with Crippen LogP contribution in [-0.2, 0) is 11.3 Å². The van der Waals surface area contributed by atoms with Crippen molar-refractivity contribution in [1.82, 2.24) is 9.55 Å². The molecule has 1 aromatic heterocycles. The number of carbonyl (C=O) groups excluding carboxylic acids is 1. The molecule has 0 aliphatic heterocycles. The molecule has 0 saturated carbocycles. The van der Waals surface area contributed by atoms with Gasteiger partial charge in [-0.05, 0) is 24.5 Å². The third kappa shape index (κ3) is 5.90. The zero-order chi connectivity index (χ0) is 21.6. The average molecular weight is 439 g/mol. The number of carbonyl (C=O) groups is 1. The highest BCUT2D eigenvalue weighted by atomic mass is 35.5. The van der Waals surface area contributed by atoms with Crippen LogP contribution in [0.25, 0.3) is 0 Å². The maximum absolute atomic E-state index is 13.0. The van der Waals surface area contributed by atoms with E-state index < -0.39 is 11.2 Å². The molecule has 158 valence electrons. The van der Waals surface area contributed by atoms with Crippen LogP contribution in [0.2, 0.25) is 5.02 Å². The number of benzene rings is 1. The number of hydrogen-bond donors (Lipinski definition) is 2. The molecule has 0 fully saturated rings. The number of thioether (sulfide) groups is 1. The molecule has 9 heteroatoms. The number of nitrogens with zero attached hydrogens (tertiary/aromatic N) is 2. The largest absolute Gasteiger partial charge is 0.383 e. The monoisotopic (exact) mass is 438 g/mol. The number of nitrogens with one attached hydrogen (secondary N) is 1. The highest BCUT2D eigenvalue weighted by Crippen LogP contribution is 2.28. The number of halogens is 1. The van der Waals surface area contributed by atoms with Gasteiger partial charge in [0.15, 0.2) is 5.69 Å². The SMILES string of the molecule is CCCCN(C(=O)CSc1ccccc1Cl)c1c(N)n(CC(C)C)c(=O)[nH]c1=O. The Kier molecular flexibility index (Phi) is 8.40. The minimum atomic E-state index is -0.653. The molecule has 0 radical (unpaired) electrons. The molecule has 2 rings (SSSR count). The third-order valence-corrected chi connectivity index (χ3v) is 5.76. The quantitative estimate of drug-likeness (QED) is 0.584. The predicted octanol–water partition coefficient (Wildman–Crippen LogP) is 3.35. The second-order valence-electron chi connectivity index (χ2n) is 7.12. The number of H-pyrrole nitrogens is 1. The van der Waals surface area contributed by atoms with Gasteiger partial charge in [0.05, 0.1) is 10.8 Å². The van der Waals surface area contributed by atoms with E-state index in [1.165, 1.54) is 21.2 Å². The van der Waals surface area contributed by atoms with Gasteiger partial charge in [0.1, 0.15) is 5.82 Å². The summed E-state index contributed by atoms with van der Waals surface area (Å²) >= 11 is 7.46. The molecule has 0 aliphatic rings. The van der Waals surface area contributed by atoms with E-state index in [1.807, 2.05) is 39.0 Å². The highest BCUT2D eigenvalue weighted by Gasteiger charge is 2.24. The van der Waals surface area contributed by atoms with Crippen molar-refractivity contribution in [3.05, 3.63) is 50.1 Å². The molecule has 0 spiro atoms. The van der Waals surface area contributed by atoms with Gasteiger partial charge in [-0.1, -0.05) is 50.9 Å². The van der Waals surface area contributed by atoms with Crippen molar-refractivity contribution in [2.24, 2.45) is 5.92 Å². The fourth-order valence-corrected chi connectivity index (χ4v) is 3.96. The fourth-order valence-electron chi connectivity index (χ4n) is 2.84. The van der Waals surface area contributed by atoms with E-state index in [0.717, 1.165) is 11.3 Å². The van der Waals surface area contributed by atoms with Crippen LogP contribution in [0.5, 0.6) is 0 Å². The van der Waals surface area contributed by atoms with E-state index in [4.69, 9.17) is 17.3 Å². The Bertz CT molecular complexity index is 971. The molecule has 1 aromatic carbocycles. The van der Waals surface area contributed by atoms with E-state index in [1.54, 1.807) is 6.07 Å². The van der Waals surface area contributed by atoms with Gasteiger partial charge in [-0.25, -0.2) is 4.79 Å². The predicted molar refractivity (Wildman–Crippen MR) is 120 cm³/mol. The molecule has 0 aliphatic carbocycles. The Morgan fingerprint density at radius 2 is 2.00 bits per heavy atom. The van der Waals surface area contributed by atoms with Gasteiger partial charge in [-0.2, -0.15) is 0 Å². The molecular formula is C20H27ClN4O3S. The number of nitrogens with two attached hydrogens (primary N) is 1. The molecule has 0 bridgehead atoms. The Labute approximate surface area is 179 Å². The Morgan fingerprint density at radius 1 is 1.31 bits per heavy atom. The van der Waals surface area contributed by atoms with Gasteiger partial charge in [-0.15, -0.1) is 11.8 Å². The van der Waals surface area contributed by atoms with Gasteiger partial charge >= 0.3 is 5.69 Å². The molecule has 7 nitrogen and oxygen atoms in total. The van der Waals surface area contributed by atoms with Crippen LogP contribution >= 0.6 is 23.4 Å². The molecular weight excluding hydrogens is 412 g/mol. The smallest absolute Gasteiger partial charge is 0.330 e. The second-order valence-corrected chi connectivity index (χ2v) is 8.54. The van der Waals surface area contributed by atoms with E-state index >= 15 is 0 Å². The number of aromatic amines is 1. The molecule has 0 unspecified atom stereocenters. The first kappa shape index (κ1) is 23.1. The molecule has 1 heterocycles. The maximum Gasteiger partial charge on any atom is 0.330 e. The van der Waals surface area contributed by atoms with Gasteiger partial charge in [0.25, 0.3) is 5.56 Å². The summed E-state index contributed by atoms with van der Waals surface area (Å²) in [6.45, 7) is 6.56. The summed E-state index contributed by atoms with van der Waals surface area (Å²) in [5.41, 5.74) is 5.00. The van der Waals surface area contributed by atoms with Crippen LogP contribution in [0.3, 0.4) is 0 Å². The minimum Gasteiger partial charge on any atom is -0.383 e. The number of rotatable bonds is 9. The first-order valence-electron chi connectivity index (χ1n) is 9.56. The van der Waals surface area contributed by atoms with E-state index in [2.05, 4.69) is 4.98 Å². The third-order valence-electron chi connectivity index (χ3n) is 4.26. The number of aromatic nitrogens is 2. The van der Waals surface area contributed by atoms with Crippen LogP contribution in [0.1, 0.15) is 33.6 Å². The van der Waals surface area contributed by atoms with Crippen molar-refractivity contribution < 1.29 is 4.79 Å². The molecule has 0 atom stereocenters. The summed E-state index contributed by atoms with van der Waals surface area (Å²) in [7, 11) is 0. The van der Waals surface area contributed by atoms with Crippen molar-refractivity contribution in [1.29, 1.82) is 0 Å². The second kappa shape index (κ2) is 10.5. The number of nitrogen functional groups attached to an aromatic ring is 1. The lowest BCUT2D eigenvalue weighted by atomic mass is 10.2. The summed E-state index contributed by atoms with van der Waals surface area (Å²) in [6, 6.07) is 7.26. The molecule has 29 heavy (non-hydrogen) atoms. The number of anilines is 2. The Morgan fingerprint density at radius 3 is 2.62 bits per heavy atom. The van der Waals surface area contributed by atoms with Gasteiger partial charge in [0.2, 0.25) is 5.91 Å². The van der Waals surface area contributed by atoms with Crippen molar-refractivity contribution >= 4 is 40.8 Å². The topological polar surface area (TPSA) is 101 Å². The number of unbranched alkanes of at least 4 members (excludes halogenated alkanes) is 1. The van der Waals surface area contributed by atoms with Crippen LogP contribution in [0.4, 0.5) is 11.5 Å². The van der Waals surface area contributed by atoms with Crippen LogP contribution < -0.4 is 21.9 Å². The Balaban J connectivity index is 2.38. The van der Waals surface area contributed by atoms with Crippen molar-refractivity contribution in [3.8, 4) is 0 Å². The summed E-state index contributed by atoms with van der Waals surface area (Å²) in [5.74, 6) is -0.0189. The summed E-state index contributed by atoms with van der Waals surface area (Å²) in [6.07, 6.45) is 1.54. The maximum atomic E-state index is 13.0. The van der Waals surface area contributed by atoms with E-state index in [9.17, 15) is 14.4 Å². The molecule has 1 amide bonds. The van der Waals surface area contributed by atoms with Crippen molar-refractivity contribution in [3.63, 3.8) is 0 Å². The zero-order valence-corrected chi connectivity index (χ0v) is 18.5. The normalized spacial score (nSPS) is 11.1. The minimum absolute atomic E-state index is 0.0136. The van der Waals surface area contributed by atoms with E-state index in [-0.39, 0.29) is 29.1 Å². The first-order valence-corrected chi connectivity index (χ1v) is 10.9. The number of amides is 1. The first-order chi connectivity index (χ1) is 13.8. The van der Waals surface area contributed by atoms with Gasteiger partial charge in [0, 0.05) is 18.0 Å². The molecule has 3 N–H and O–H groups in total.